The van der Waals surface area contributed by atoms with E-state index in [0.29, 0.717) is 36.7 Å². The maximum Gasteiger partial charge on any atom is 0.339 e. The number of alkyl halides is 1. The van der Waals surface area contributed by atoms with E-state index >= 15 is 0 Å². The lowest BCUT2D eigenvalue weighted by Gasteiger charge is -2.11. The van der Waals surface area contributed by atoms with Gasteiger partial charge in [0.05, 0.1) is 0 Å². The smallest absolute Gasteiger partial charge is 0.339 e. The molecular formula is C18H21ClN2O4S. The highest BCUT2D eigenvalue weighted by Crippen LogP contribution is 2.24. The van der Waals surface area contributed by atoms with Crippen molar-refractivity contribution in [3.63, 3.8) is 0 Å². The Morgan fingerprint density at radius 1 is 1.12 bits per heavy atom. The van der Waals surface area contributed by atoms with E-state index in [0.717, 1.165) is 5.56 Å². The third-order valence-corrected chi connectivity index (χ3v) is 5.07. The second-order valence-electron chi connectivity index (χ2n) is 5.45. The molecule has 140 valence electrons. The lowest BCUT2D eigenvalue weighted by atomic mass is 10.1. The van der Waals surface area contributed by atoms with Crippen molar-refractivity contribution in [2.24, 2.45) is 0 Å². The molecule has 0 aromatic heterocycles. The maximum absolute atomic E-state index is 12.4. The fourth-order valence-corrected chi connectivity index (χ4v) is 3.29. The monoisotopic (exact) mass is 396 g/mol. The van der Waals surface area contributed by atoms with Crippen molar-refractivity contribution in [1.29, 1.82) is 0 Å². The van der Waals surface area contributed by atoms with Crippen LogP contribution in [0.4, 0.5) is 10.5 Å². The molecule has 0 spiro atoms. The zero-order chi connectivity index (χ0) is 19.0. The predicted molar refractivity (Wildman–Crippen MR) is 102 cm³/mol. The molecule has 0 saturated carbocycles. The van der Waals surface area contributed by atoms with E-state index in [2.05, 4.69) is 10.6 Å². The summed E-state index contributed by atoms with van der Waals surface area (Å²) in [6, 6.07) is 12.4. The van der Waals surface area contributed by atoms with Crippen LogP contribution in [0.2, 0.25) is 0 Å². The highest BCUT2D eigenvalue weighted by atomic mass is 35.5. The zero-order valence-electron chi connectivity index (χ0n) is 14.4. The van der Waals surface area contributed by atoms with Crippen molar-refractivity contribution in [3.8, 4) is 5.75 Å². The number of nitrogens with one attached hydrogen (secondary N) is 2. The van der Waals surface area contributed by atoms with Crippen molar-refractivity contribution >= 4 is 33.4 Å². The first kappa shape index (κ1) is 20.1. The molecule has 2 N–H and O–H groups in total. The molecule has 0 fully saturated rings. The van der Waals surface area contributed by atoms with Gasteiger partial charge in [0.25, 0.3) is 0 Å². The number of aryl methyl sites for hydroxylation is 1. The van der Waals surface area contributed by atoms with E-state index in [9.17, 15) is 13.2 Å². The van der Waals surface area contributed by atoms with Gasteiger partial charge in [-0.1, -0.05) is 25.1 Å². The molecule has 8 heteroatoms. The second kappa shape index (κ2) is 9.45. The third kappa shape index (κ3) is 5.64. The minimum atomic E-state index is -3.95. The molecule has 0 aliphatic rings. The first-order valence-corrected chi connectivity index (χ1v) is 10.1. The number of para-hydroxylation sites is 1. The van der Waals surface area contributed by atoms with E-state index in [-0.39, 0.29) is 10.9 Å². The lowest BCUT2D eigenvalue weighted by molar-refractivity contribution is 0.252. The Bertz CT molecular complexity index is 839. The number of urea groups is 1. The summed E-state index contributed by atoms with van der Waals surface area (Å²) < 4.78 is 30.1. The van der Waals surface area contributed by atoms with Gasteiger partial charge in [0.1, 0.15) is 10.6 Å². The number of amides is 2. The average Bonchev–Trinajstić information content (AvgIpc) is 2.62. The van der Waals surface area contributed by atoms with Gasteiger partial charge in [-0.05, 0) is 48.7 Å². The van der Waals surface area contributed by atoms with E-state index in [1.807, 2.05) is 19.1 Å². The van der Waals surface area contributed by atoms with E-state index in [1.54, 1.807) is 12.1 Å². The van der Waals surface area contributed by atoms with Gasteiger partial charge in [0.15, 0.2) is 0 Å². The second-order valence-corrected chi connectivity index (χ2v) is 7.37. The molecule has 6 nitrogen and oxygen atoms in total. The van der Waals surface area contributed by atoms with Crippen LogP contribution in [-0.2, 0) is 16.5 Å². The first-order valence-electron chi connectivity index (χ1n) is 8.19. The zero-order valence-corrected chi connectivity index (χ0v) is 15.9. The first-order chi connectivity index (χ1) is 12.5. The summed E-state index contributed by atoms with van der Waals surface area (Å²) in [4.78, 5) is 11.7. The van der Waals surface area contributed by atoms with Crippen molar-refractivity contribution in [2.45, 2.75) is 24.7 Å². The summed E-state index contributed by atoms with van der Waals surface area (Å²) in [7, 11) is -3.95. The van der Waals surface area contributed by atoms with Crippen LogP contribution in [0.25, 0.3) is 0 Å². The number of hydrogen-bond donors (Lipinski definition) is 2. The SMILES string of the molecule is CCc1ccccc1OS(=O)(=O)c1ccc(NC(=O)NCCCCl)cc1. The molecule has 0 aliphatic heterocycles. The topological polar surface area (TPSA) is 84.5 Å². The van der Waals surface area contributed by atoms with Crippen LogP contribution >= 0.6 is 11.6 Å². The number of anilines is 1. The Morgan fingerprint density at radius 3 is 2.46 bits per heavy atom. The summed E-state index contributed by atoms with van der Waals surface area (Å²) in [6.45, 7) is 2.39. The molecule has 0 unspecified atom stereocenters. The van der Waals surface area contributed by atoms with Gasteiger partial charge < -0.3 is 14.8 Å². The number of carbonyl (C=O) groups is 1. The number of carbonyl (C=O) groups excluding carboxylic acids is 1. The maximum atomic E-state index is 12.4. The van der Waals surface area contributed by atoms with Crippen LogP contribution in [0, 0.1) is 0 Å². The molecule has 2 aromatic rings. The minimum Gasteiger partial charge on any atom is -0.379 e. The minimum absolute atomic E-state index is 0.0107. The largest absolute Gasteiger partial charge is 0.379 e. The van der Waals surface area contributed by atoms with Gasteiger partial charge in [-0.15, -0.1) is 11.6 Å². The Balaban J connectivity index is 2.05. The average molecular weight is 397 g/mol. The normalized spacial score (nSPS) is 11.0. The highest BCUT2D eigenvalue weighted by molar-refractivity contribution is 7.87. The van der Waals surface area contributed by atoms with Crippen molar-refractivity contribution in [3.05, 3.63) is 54.1 Å². The molecule has 0 radical (unpaired) electrons. The molecule has 0 heterocycles. The van der Waals surface area contributed by atoms with Crippen molar-refractivity contribution in [2.75, 3.05) is 17.7 Å². The van der Waals surface area contributed by atoms with Gasteiger partial charge >= 0.3 is 16.1 Å². The Kier molecular flexibility index (Phi) is 7.29. The number of halogens is 1. The Hall–Kier alpha value is -2.25. The fraction of sp³-hybridized carbons (Fsp3) is 0.278. The van der Waals surface area contributed by atoms with E-state index < -0.39 is 10.1 Å². The third-order valence-electron chi connectivity index (χ3n) is 3.55. The number of benzene rings is 2. The predicted octanol–water partition coefficient (Wildman–Crippen LogP) is 3.77. The van der Waals surface area contributed by atoms with Crippen LogP contribution in [0.15, 0.2) is 53.4 Å². The molecule has 0 saturated heterocycles. The molecule has 26 heavy (non-hydrogen) atoms. The van der Waals surface area contributed by atoms with Crippen LogP contribution in [0.5, 0.6) is 5.75 Å². The molecular weight excluding hydrogens is 376 g/mol. The molecule has 2 aromatic carbocycles. The van der Waals surface area contributed by atoms with Gasteiger partial charge in [0, 0.05) is 18.1 Å². The molecule has 0 aliphatic carbocycles. The van der Waals surface area contributed by atoms with Crippen LogP contribution in [-0.4, -0.2) is 26.9 Å². The highest BCUT2D eigenvalue weighted by Gasteiger charge is 2.18. The summed E-state index contributed by atoms with van der Waals surface area (Å²) >= 11 is 5.54. The summed E-state index contributed by atoms with van der Waals surface area (Å²) in [5.74, 6) is 0.782. The Labute approximate surface area is 158 Å². The van der Waals surface area contributed by atoms with Crippen LogP contribution < -0.4 is 14.8 Å². The number of hydrogen-bond acceptors (Lipinski definition) is 4. The number of rotatable bonds is 8. The molecule has 2 rings (SSSR count). The summed E-state index contributed by atoms with van der Waals surface area (Å²) in [6.07, 6.45) is 1.33. The molecule has 2 amide bonds. The van der Waals surface area contributed by atoms with Crippen LogP contribution in [0.3, 0.4) is 0 Å². The van der Waals surface area contributed by atoms with E-state index in [1.165, 1.54) is 24.3 Å². The van der Waals surface area contributed by atoms with Gasteiger partial charge in [-0.2, -0.15) is 8.42 Å². The summed E-state index contributed by atoms with van der Waals surface area (Å²) in [5, 5.41) is 5.26. The molecule has 0 atom stereocenters. The van der Waals surface area contributed by atoms with Gasteiger partial charge in [-0.25, -0.2) is 4.79 Å². The van der Waals surface area contributed by atoms with Crippen LogP contribution in [0.1, 0.15) is 18.9 Å². The standard InChI is InChI=1S/C18H21ClN2O4S/c1-2-14-6-3-4-7-17(14)25-26(23,24)16-10-8-15(9-11-16)21-18(22)20-13-5-12-19/h3-4,6-11H,2,5,12-13H2,1H3,(H2,20,21,22). The van der Waals surface area contributed by atoms with Crippen molar-refractivity contribution in [1.82, 2.24) is 5.32 Å². The quantitative estimate of drug-likeness (QED) is 0.404. The van der Waals surface area contributed by atoms with Gasteiger partial charge in [0.2, 0.25) is 0 Å². The Morgan fingerprint density at radius 2 is 1.81 bits per heavy atom. The molecule has 0 bridgehead atoms. The fourth-order valence-electron chi connectivity index (χ4n) is 2.19. The van der Waals surface area contributed by atoms with Gasteiger partial charge in [-0.3, -0.25) is 0 Å². The van der Waals surface area contributed by atoms with Crippen molar-refractivity contribution < 1.29 is 17.4 Å². The van der Waals surface area contributed by atoms with E-state index in [4.69, 9.17) is 15.8 Å². The lowest BCUT2D eigenvalue weighted by Crippen LogP contribution is -2.29. The summed E-state index contributed by atoms with van der Waals surface area (Å²) in [5.41, 5.74) is 1.28.